The highest BCUT2D eigenvalue weighted by Gasteiger charge is 2.41. The Morgan fingerprint density at radius 3 is 2.92 bits per heavy atom. The summed E-state index contributed by atoms with van der Waals surface area (Å²) in [5, 5.41) is 3.52. The van der Waals surface area contributed by atoms with Crippen molar-refractivity contribution >= 4 is 11.9 Å². The van der Waals surface area contributed by atoms with Gasteiger partial charge in [0.15, 0.2) is 5.60 Å². The Bertz CT molecular complexity index is 863. The summed E-state index contributed by atoms with van der Waals surface area (Å²) in [5.41, 5.74) is 6.31. The smallest absolute Gasteiger partial charge is 0.378 e. The average Bonchev–Trinajstić information content (AvgIpc) is 3.15. The molecule has 0 unspecified atom stereocenters. The molecular weight excluding hydrogens is 332 g/mol. The van der Waals surface area contributed by atoms with Gasteiger partial charge in [0.25, 0.3) is 0 Å². The Labute approximate surface area is 151 Å². The second-order valence-corrected chi connectivity index (χ2v) is 6.58. The highest BCUT2D eigenvalue weighted by atomic mass is 16.6. The molecule has 0 saturated heterocycles. The fourth-order valence-corrected chi connectivity index (χ4v) is 3.17. The Balaban J connectivity index is 1.91. The van der Waals surface area contributed by atoms with E-state index in [4.69, 9.17) is 15.0 Å². The van der Waals surface area contributed by atoms with Crippen LogP contribution >= 0.6 is 0 Å². The zero-order valence-electron chi connectivity index (χ0n) is 14.5. The molecule has 0 aliphatic heterocycles. The molecule has 1 aliphatic rings. The van der Waals surface area contributed by atoms with Gasteiger partial charge in [0.05, 0.1) is 6.20 Å². The highest BCUT2D eigenvalue weighted by molar-refractivity contribution is 5.86. The van der Waals surface area contributed by atoms with Crippen molar-refractivity contribution in [1.29, 1.82) is 0 Å². The molecule has 1 heterocycles. The molecule has 1 aromatic carbocycles. The van der Waals surface area contributed by atoms with Crippen molar-refractivity contribution in [3.63, 3.8) is 0 Å². The molecule has 0 bridgehead atoms. The normalized spacial score (nSPS) is 22.1. The van der Waals surface area contributed by atoms with Crippen LogP contribution in [0.2, 0.25) is 0 Å². The number of aromatic nitrogens is 1. The van der Waals surface area contributed by atoms with Gasteiger partial charge in [0.1, 0.15) is 0 Å². The van der Waals surface area contributed by atoms with Crippen LogP contribution in [0.15, 0.2) is 41.1 Å². The van der Waals surface area contributed by atoms with Crippen LogP contribution < -0.4 is 5.73 Å². The molecule has 0 spiro atoms. The molecule has 1 aromatic heterocycles. The maximum Gasteiger partial charge on any atom is 0.378 e. The SMILES string of the molecule is Cc1cccc(C#C[C@@]2(OC(=O)c3ccno3)CCC[C@@H](C(N)=O)C2)c1. The van der Waals surface area contributed by atoms with Crippen molar-refractivity contribution in [1.82, 2.24) is 5.16 Å². The molecule has 2 aromatic rings. The molecule has 2 atom stereocenters. The second-order valence-electron chi connectivity index (χ2n) is 6.58. The van der Waals surface area contributed by atoms with E-state index in [9.17, 15) is 9.59 Å². The molecule has 1 aliphatic carbocycles. The summed E-state index contributed by atoms with van der Waals surface area (Å²) in [6, 6.07) is 9.17. The van der Waals surface area contributed by atoms with Crippen LogP contribution in [0.4, 0.5) is 0 Å². The van der Waals surface area contributed by atoms with E-state index in [-0.39, 0.29) is 18.1 Å². The Hall–Kier alpha value is -3.07. The molecule has 1 saturated carbocycles. The lowest BCUT2D eigenvalue weighted by molar-refractivity contribution is -0.125. The van der Waals surface area contributed by atoms with Crippen LogP contribution in [0.1, 0.15) is 47.4 Å². The molecule has 6 nitrogen and oxygen atoms in total. The summed E-state index contributed by atoms with van der Waals surface area (Å²) in [5.74, 6) is 4.75. The van der Waals surface area contributed by atoms with E-state index < -0.39 is 17.5 Å². The molecule has 1 amide bonds. The molecule has 3 rings (SSSR count). The summed E-state index contributed by atoms with van der Waals surface area (Å²) in [6.45, 7) is 1.98. The van der Waals surface area contributed by atoms with Gasteiger partial charge in [-0.3, -0.25) is 4.79 Å². The Morgan fingerprint density at radius 1 is 1.38 bits per heavy atom. The van der Waals surface area contributed by atoms with Gasteiger partial charge in [-0.05, 0) is 49.8 Å². The zero-order valence-corrected chi connectivity index (χ0v) is 14.5. The van der Waals surface area contributed by atoms with Crippen LogP contribution in [-0.4, -0.2) is 22.6 Å². The lowest BCUT2D eigenvalue weighted by Gasteiger charge is -2.35. The standard InChI is InChI=1S/C20H20N2O4/c1-14-4-2-5-15(12-14)7-10-20(9-3-6-16(13-20)18(21)23)25-19(24)17-8-11-22-26-17/h2,4-5,8,11-12,16H,3,6,9,13H2,1H3,(H2,21,23)/t16-,20+/m1/s1. The van der Waals surface area contributed by atoms with E-state index in [1.165, 1.54) is 12.3 Å². The summed E-state index contributed by atoms with van der Waals surface area (Å²) in [4.78, 5) is 24.1. The monoisotopic (exact) mass is 352 g/mol. The van der Waals surface area contributed by atoms with Gasteiger partial charge in [-0.2, -0.15) is 0 Å². The number of ether oxygens (including phenoxy) is 1. The number of benzene rings is 1. The van der Waals surface area contributed by atoms with Crippen molar-refractivity contribution in [2.75, 3.05) is 0 Å². The van der Waals surface area contributed by atoms with Gasteiger partial charge >= 0.3 is 5.97 Å². The molecule has 6 heteroatoms. The zero-order chi connectivity index (χ0) is 18.6. The topological polar surface area (TPSA) is 95.4 Å². The number of hydrogen-bond donors (Lipinski definition) is 1. The molecular formula is C20H20N2O4. The minimum Gasteiger partial charge on any atom is -0.440 e. The van der Waals surface area contributed by atoms with Crippen LogP contribution in [0.3, 0.4) is 0 Å². The Kier molecular flexibility index (Phi) is 5.08. The minimum absolute atomic E-state index is 0.00271. The maximum atomic E-state index is 12.4. The number of carbonyl (C=O) groups excluding carboxylic acids is 2. The summed E-state index contributed by atoms with van der Waals surface area (Å²) in [7, 11) is 0. The number of aryl methyl sites for hydroxylation is 1. The number of hydrogen-bond acceptors (Lipinski definition) is 5. The van der Waals surface area contributed by atoms with Crippen LogP contribution in [0.25, 0.3) is 0 Å². The minimum atomic E-state index is -1.08. The summed E-state index contributed by atoms with van der Waals surface area (Å²) in [6.07, 6.45) is 3.55. The number of rotatable bonds is 3. The van der Waals surface area contributed by atoms with E-state index in [2.05, 4.69) is 17.0 Å². The second kappa shape index (κ2) is 7.44. The predicted octanol–water partition coefficient (Wildman–Crippen LogP) is 2.61. The van der Waals surface area contributed by atoms with Crippen molar-refractivity contribution in [2.24, 2.45) is 11.7 Å². The molecule has 2 N–H and O–H groups in total. The third-order valence-corrected chi connectivity index (χ3v) is 4.49. The summed E-state index contributed by atoms with van der Waals surface area (Å²) < 4.78 is 10.6. The van der Waals surface area contributed by atoms with E-state index >= 15 is 0 Å². The number of carbonyl (C=O) groups is 2. The fraction of sp³-hybridized carbons (Fsp3) is 0.350. The molecule has 0 radical (unpaired) electrons. The maximum absolute atomic E-state index is 12.4. The van der Waals surface area contributed by atoms with Gasteiger partial charge in [0, 0.05) is 24.0 Å². The highest BCUT2D eigenvalue weighted by Crippen LogP contribution is 2.35. The third kappa shape index (κ3) is 4.12. The number of nitrogens with zero attached hydrogens (tertiary/aromatic N) is 1. The van der Waals surface area contributed by atoms with Crippen LogP contribution in [-0.2, 0) is 9.53 Å². The predicted molar refractivity (Wildman–Crippen MR) is 93.9 cm³/mol. The Morgan fingerprint density at radius 2 is 2.23 bits per heavy atom. The first-order valence-electron chi connectivity index (χ1n) is 8.51. The number of amides is 1. The van der Waals surface area contributed by atoms with Crippen molar-refractivity contribution in [3.8, 4) is 11.8 Å². The van der Waals surface area contributed by atoms with Crippen LogP contribution in [0, 0.1) is 24.7 Å². The van der Waals surface area contributed by atoms with E-state index in [0.29, 0.717) is 19.3 Å². The first-order chi connectivity index (χ1) is 12.5. The van der Waals surface area contributed by atoms with E-state index in [1.807, 2.05) is 31.2 Å². The van der Waals surface area contributed by atoms with E-state index in [0.717, 1.165) is 11.1 Å². The van der Waals surface area contributed by atoms with Crippen molar-refractivity contribution in [2.45, 2.75) is 38.2 Å². The van der Waals surface area contributed by atoms with Crippen LogP contribution in [0.5, 0.6) is 0 Å². The van der Waals surface area contributed by atoms with Crippen molar-refractivity contribution in [3.05, 3.63) is 53.4 Å². The van der Waals surface area contributed by atoms with E-state index in [1.54, 1.807) is 0 Å². The van der Waals surface area contributed by atoms with Gasteiger partial charge in [-0.15, -0.1) is 0 Å². The molecule has 1 fully saturated rings. The third-order valence-electron chi connectivity index (χ3n) is 4.49. The van der Waals surface area contributed by atoms with Gasteiger partial charge in [0.2, 0.25) is 11.7 Å². The van der Waals surface area contributed by atoms with Gasteiger partial charge in [-0.25, -0.2) is 4.79 Å². The first kappa shape index (κ1) is 17.7. The largest absolute Gasteiger partial charge is 0.440 e. The number of nitrogens with two attached hydrogens (primary N) is 1. The fourth-order valence-electron chi connectivity index (χ4n) is 3.17. The van der Waals surface area contributed by atoms with Crippen molar-refractivity contribution < 1.29 is 18.8 Å². The summed E-state index contributed by atoms with van der Waals surface area (Å²) >= 11 is 0. The number of esters is 1. The number of primary amides is 1. The molecule has 134 valence electrons. The lowest BCUT2D eigenvalue weighted by atomic mass is 9.77. The quantitative estimate of drug-likeness (QED) is 0.677. The lowest BCUT2D eigenvalue weighted by Crippen LogP contribution is -2.42. The van der Waals surface area contributed by atoms with Gasteiger partial charge in [-0.1, -0.05) is 23.2 Å². The average molecular weight is 352 g/mol. The molecule has 26 heavy (non-hydrogen) atoms. The van der Waals surface area contributed by atoms with Gasteiger partial charge < -0.3 is 15.0 Å². The first-order valence-corrected chi connectivity index (χ1v) is 8.51.